The molecule has 0 aliphatic heterocycles. The largest absolute Gasteiger partial charge is 0.358 e. The molecule has 2 rings (SSSR count). The summed E-state index contributed by atoms with van der Waals surface area (Å²) in [6.45, 7) is 2.73. The summed E-state index contributed by atoms with van der Waals surface area (Å²) in [7, 11) is 0. The second-order valence-corrected chi connectivity index (χ2v) is 4.25. The van der Waals surface area contributed by atoms with Crippen LogP contribution in [0, 0.1) is 0 Å². The number of halogens is 1. The van der Waals surface area contributed by atoms with Gasteiger partial charge >= 0.3 is 0 Å². The highest BCUT2D eigenvalue weighted by Gasteiger charge is 2.08. The quantitative estimate of drug-likeness (QED) is 0.848. The van der Waals surface area contributed by atoms with Crippen molar-refractivity contribution in [1.82, 2.24) is 4.98 Å². The molecule has 74 valence electrons. The van der Waals surface area contributed by atoms with Crippen LogP contribution in [0.1, 0.15) is 18.2 Å². The Bertz CT molecular complexity index is 460. The van der Waals surface area contributed by atoms with Gasteiger partial charge < -0.3 is 10.7 Å². The van der Waals surface area contributed by atoms with Crippen molar-refractivity contribution in [3.05, 3.63) is 33.9 Å². The van der Waals surface area contributed by atoms with Crippen LogP contribution in [-0.2, 0) is 13.0 Å². The Morgan fingerprint density at radius 2 is 2.21 bits per heavy atom. The lowest BCUT2D eigenvalue weighted by atomic mass is 10.1. The molecule has 14 heavy (non-hydrogen) atoms. The Balaban J connectivity index is 2.74. The van der Waals surface area contributed by atoms with Gasteiger partial charge in [0.1, 0.15) is 0 Å². The van der Waals surface area contributed by atoms with E-state index in [0.29, 0.717) is 6.54 Å². The maximum atomic E-state index is 5.75. The molecule has 0 unspecified atom stereocenters. The van der Waals surface area contributed by atoms with E-state index < -0.39 is 0 Å². The van der Waals surface area contributed by atoms with Crippen molar-refractivity contribution >= 4 is 26.8 Å². The average Bonchev–Trinajstić information content (AvgIpc) is 2.54. The minimum absolute atomic E-state index is 0.597. The number of aromatic nitrogens is 1. The predicted octanol–water partition coefficient (Wildman–Crippen LogP) is 2.95. The van der Waals surface area contributed by atoms with E-state index in [-0.39, 0.29) is 0 Å². The van der Waals surface area contributed by atoms with Gasteiger partial charge in [-0.1, -0.05) is 22.9 Å². The van der Waals surface area contributed by atoms with Crippen LogP contribution in [0.2, 0.25) is 0 Å². The normalized spacial score (nSPS) is 11.1. The zero-order chi connectivity index (χ0) is 10.1. The molecule has 0 bridgehead atoms. The first-order valence-corrected chi connectivity index (χ1v) is 5.54. The van der Waals surface area contributed by atoms with Gasteiger partial charge in [0.2, 0.25) is 0 Å². The molecule has 0 fully saturated rings. The third-order valence-electron chi connectivity index (χ3n) is 2.51. The number of H-pyrrole nitrogens is 1. The van der Waals surface area contributed by atoms with Gasteiger partial charge in [0.05, 0.1) is 0 Å². The van der Waals surface area contributed by atoms with Crippen molar-refractivity contribution in [2.75, 3.05) is 0 Å². The van der Waals surface area contributed by atoms with Gasteiger partial charge in [0, 0.05) is 27.6 Å². The van der Waals surface area contributed by atoms with Gasteiger partial charge in [0.15, 0.2) is 0 Å². The monoisotopic (exact) mass is 252 g/mol. The van der Waals surface area contributed by atoms with Crippen molar-refractivity contribution in [2.24, 2.45) is 5.73 Å². The molecule has 0 amide bonds. The summed E-state index contributed by atoms with van der Waals surface area (Å²) in [6, 6.07) is 6.24. The number of benzene rings is 1. The first-order valence-electron chi connectivity index (χ1n) is 4.75. The number of hydrogen-bond donors (Lipinski definition) is 2. The SMILES string of the molecule is CCc1[nH]c2ccc(Br)cc2c1CN. The Hall–Kier alpha value is -0.800. The summed E-state index contributed by atoms with van der Waals surface area (Å²) >= 11 is 3.47. The molecule has 0 atom stereocenters. The Labute approximate surface area is 91.6 Å². The molecule has 2 aromatic rings. The Morgan fingerprint density at radius 1 is 1.43 bits per heavy atom. The van der Waals surface area contributed by atoms with E-state index in [1.807, 2.05) is 6.07 Å². The van der Waals surface area contributed by atoms with Gasteiger partial charge in [0.25, 0.3) is 0 Å². The fourth-order valence-corrected chi connectivity index (χ4v) is 2.17. The lowest BCUT2D eigenvalue weighted by Gasteiger charge is -1.97. The lowest BCUT2D eigenvalue weighted by Crippen LogP contribution is -1.98. The van der Waals surface area contributed by atoms with E-state index in [9.17, 15) is 0 Å². The fourth-order valence-electron chi connectivity index (χ4n) is 1.81. The van der Waals surface area contributed by atoms with Gasteiger partial charge in [-0.3, -0.25) is 0 Å². The molecule has 3 N–H and O–H groups in total. The van der Waals surface area contributed by atoms with Crippen LogP contribution in [-0.4, -0.2) is 4.98 Å². The average molecular weight is 253 g/mol. The number of nitrogens with two attached hydrogens (primary N) is 1. The molecule has 1 aromatic heterocycles. The second-order valence-electron chi connectivity index (χ2n) is 3.33. The first-order chi connectivity index (χ1) is 6.76. The summed E-state index contributed by atoms with van der Waals surface area (Å²) in [5, 5.41) is 1.23. The van der Waals surface area contributed by atoms with Gasteiger partial charge in [-0.05, 0) is 30.2 Å². The highest BCUT2D eigenvalue weighted by molar-refractivity contribution is 9.10. The molecule has 0 aliphatic rings. The van der Waals surface area contributed by atoms with Crippen LogP contribution in [0.3, 0.4) is 0 Å². The van der Waals surface area contributed by atoms with Crippen molar-refractivity contribution in [3.8, 4) is 0 Å². The van der Waals surface area contributed by atoms with Crippen LogP contribution >= 0.6 is 15.9 Å². The number of fused-ring (bicyclic) bond motifs is 1. The molecular weight excluding hydrogens is 240 g/mol. The Morgan fingerprint density at radius 3 is 2.86 bits per heavy atom. The van der Waals surface area contributed by atoms with Crippen LogP contribution in [0.25, 0.3) is 10.9 Å². The minimum atomic E-state index is 0.597. The number of nitrogens with one attached hydrogen (secondary N) is 1. The van der Waals surface area contributed by atoms with E-state index in [4.69, 9.17) is 5.73 Å². The van der Waals surface area contributed by atoms with Crippen molar-refractivity contribution in [3.63, 3.8) is 0 Å². The van der Waals surface area contributed by atoms with E-state index in [0.717, 1.165) is 10.9 Å². The number of rotatable bonds is 2. The van der Waals surface area contributed by atoms with Gasteiger partial charge in [-0.2, -0.15) is 0 Å². The van der Waals surface area contributed by atoms with E-state index in [1.165, 1.54) is 22.2 Å². The molecule has 0 saturated carbocycles. The summed E-state index contributed by atoms with van der Waals surface area (Å²) in [4.78, 5) is 3.39. The number of hydrogen-bond acceptors (Lipinski definition) is 1. The van der Waals surface area contributed by atoms with E-state index in [2.05, 4.69) is 40.0 Å². The summed E-state index contributed by atoms with van der Waals surface area (Å²) in [5.41, 5.74) is 9.41. The maximum absolute atomic E-state index is 5.75. The lowest BCUT2D eigenvalue weighted by molar-refractivity contribution is 0.987. The van der Waals surface area contributed by atoms with Crippen LogP contribution in [0.4, 0.5) is 0 Å². The highest BCUT2D eigenvalue weighted by atomic mass is 79.9. The van der Waals surface area contributed by atoms with Crippen molar-refractivity contribution in [1.29, 1.82) is 0 Å². The van der Waals surface area contributed by atoms with Crippen LogP contribution < -0.4 is 5.73 Å². The molecule has 2 nitrogen and oxygen atoms in total. The highest BCUT2D eigenvalue weighted by Crippen LogP contribution is 2.25. The zero-order valence-electron chi connectivity index (χ0n) is 8.10. The molecule has 0 spiro atoms. The molecular formula is C11H13BrN2. The van der Waals surface area contributed by atoms with Crippen molar-refractivity contribution < 1.29 is 0 Å². The molecule has 3 heteroatoms. The number of aromatic amines is 1. The van der Waals surface area contributed by atoms with Gasteiger partial charge in [-0.25, -0.2) is 0 Å². The topological polar surface area (TPSA) is 41.8 Å². The molecule has 0 radical (unpaired) electrons. The standard InChI is InChI=1S/C11H13BrN2/c1-2-10-9(6-13)8-5-7(12)3-4-11(8)14-10/h3-5,14H,2,6,13H2,1H3. The summed E-state index contributed by atoms with van der Waals surface area (Å²) in [6.07, 6.45) is 0.999. The zero-order valence-corrected chi connectivity index (χ0v) is 9.69. The maximum Gasteiger partial charge on any atom is 0.0460 e. The third-order valence-corrected chi connectivity index (χ3v) is 3.01. The molecule has 1 aromatic carbocycles. The molecule has 0 saturated heterocycles. The van der Waals surface area contributed by atoms with E-state index >= 15 is 0 Å². The first kappa shape index (κ1) is 9.74. The van der Waals surface area contributed by atoms with Crippen LogP contribution in [0.5, 0.6) is 0 Å². The molecule has 1 heterocycles. The summed E-state index contributed by atoms with van der Waals surface area (Å²) < 4.78 is 1.10. The number of aryl methyl sites for hydroxylation is 1. The predicted molar refractivity (Wildman–Crippen MR) is 63.3 cm³/mol. The van der Waals surface area contributed by atoms with Crippen molar-refractivity contribution in [2.45, 2.75) is 19.9 Å². The van der Waals surface area contributed by atoms with Crippen LogP contribution in [0.15, 0.2) is 22.7 Å². The van der Waals surface area contributed by atoms with Gasteiger partial charge in [-0.15, -0.1) is 0 Å². The smallest absolute Gasteiger partial charge is 0.0460 e. The Kier molecular flexibility index (Phi) is 2.61. The third kappa shape index (κ3) is 1.47. The molecule has 0 aliphatic carbocycles. The minimum Gasteiger partial charge on any atom is -0.358 e. The second kappa shape index (κ2) is 3.75. The summed E-state index contributed by atoms with van der Waals surface area (Å²) in [5.74, 6) is 0. The fraction of sp³-hybridized carbons (Fsp3) is 0.273. The van der Waals surface area contributed by atoms with E-state index in [1.54, 1.807) is 0 Å².